The Morgan fingerprint density at radius 3 is 2.76 bits per heavy atom. The first-order valence-electron chi connectivity index (χ1n) is 11.1. The van der Waals surface area contributed by atoms with Gasteiger partial charge in [0.1, 0.15) is 6.10 Å². The molecule has 1 amide bonds. The van der Waals surface area contributed by atoms with Gasteiger partial charge >= 0.3 is 12.1 Å². The molecule has 29 heavy (non-hydrogen) atoms. The molecule has 162 valence electrons. The van der Waals surface area contributed by atoms with Crippen molar-refractivity contribution in [2.45, 2.75) is 52.2 Å². The van der Waals surface area contributed by atoms with Gasteiger partial charge < -0.3 is 19.5 Å². The van der Waals surface area contributed by atoms with Gasteiger partial charge in [0.15, 0.2) is 0 Å². The number of aliphatic hydroxyl groups is 1. The Balaban J connectivity index is 1.44. The summed E-state index contributed by atoms with van der Waals surface area (Å²) in [6.07, 6.45) is 4.07. The molecule has 2 aliphatic heterocycles. The van der Waals surface area contributed by atoms with E-state index in [0.717, 1.165) is 19.3 Å². The summed E-state index contributed by atoms with van der Waals surface area (Å²) in [5.41, 5.74) is 0.996. The smallest absolute Gasteiger partial charge is 0.409 e. The number of nitrogens with zero attached hydrogens (tertiary/aromatic N) is 2. The molecule has 0 radical (unpaired) electrons. The van der Waals surface area contributed by atoms with Gasteiger partial charge in [0.05, 0.1) is 18.6 Å². The molecule has 0 aromatic carbocycles. The van der Waals surface area contributed by atoms with Crippen molar-refractivity contribution >= 4 is 12.1 Å². The normalized spacial score (nSPS) is 40.0. The zero-order chi connectivity index (χ0) is 20.8. The Bertz CT molecular complexity index is 687. The number of carbonyl (C=O) groups is 2. The van der Waals surface area contributed by atoms with E-state index in [1.54, 1.807) is 11.8 Å². The van der Waals surface area contributed by atoms with Crippen LogP contribution >= 0.6 is 0 Å². The zero-order valence-corrected chi connectivity index (χ0v) is 17.8. The fourth-order valence-corrected chi connectivity index (χ4v) is 5.88. The van der Waals surface area contributed by atoms with Crippen molar-refractivity contribution in [1.82, 2.24) is 9.80 Å². The van der Waals surface area contributed by atoms with E-state index < -0.39 is 6.10 Å². The number of hydrogen-bond donors (Lipinski definition) is 1. The summed E-state index contributed by atoms with van der Waals surface area (Å²) in [4.78, 5) is 28.6. The molecule has 3 fully saturated rings. The van der Waals surface area contributed by atoms with E-state index in [1.165, 1.54) is 5.57 Å². The van der Waals surface area contributed by atoms with Crippen molar-refractivity contribution in [2.75, 3.05) is 39.3 Å². The summed E-state index contributed by atoms with van der Waals surface area (Å²) < 4.78 is 10.8. The molecular formula is C22H34N2O5. The Hall–Kier alpha value is -1.60. The highest BCUT2D eigenvalue weighted by atomic mass is 16.6. The van der Waals surface area contributed by atoms with Gasteiger partial charge in [0.25, 0.3) is 0 Å². The lowest BCUT2D eigenvalue weighted by atomic mass is 9.55. The van der Waals surface area contributed by atoms with Gasteiger partial charge in [0, 0.05) is 50.5 Å². The molecule has 4 rings (SSSR count). The van der Waals surface area contributed by atoms with Crippen molar-refractivity contribution in [1.29, 1.82) is 0 Å². The highest BCUT2D eigenvalue weighted by Gasteiger charge is 2.59. The van der Waals surface area contributed by atoms with Gasteiger partial charge in [-0.3, -0.25) is 9.69 Å². The third kappa shape index (κ3) is 3.46. The highest BCUT2D eigenvalue weighted by Crippen LogP contribution is 2.56. The summed E-state index contributed by atoms with van der Waals surface area (Å²) >= 11 is 0. The number of allylic oxidation sites excluding steroid dienone is 1. The van der Waals surface area contributed by atoms with E-state index in [0.29, 0.717) is 45.2 Å². The van der Waals surface area contributed by atoms with Gasteiger partial charge in [0.2, 0.25) is 0 Å². The minimum Gasteiger partial charge on any atom is -0.461 e. The SMILES string of the molecule is CCOC(=O)N1CCN(C[C@H]2C(=O)O[C@@H]3CC4=CCC[C@H](C)[C@@]4(C)[C@@H](O)[C@@H]32)CC1. The molecular weight excluding hydrogens is 372 g/mol. The molecule has 0 unspecified atom stereocenters. The predicted molar refractivity (Wildman–Crippen MR) is 107 cm³/mol. The average molecular weight is 407 g/mol. The largest absolute Gasteiger partial charge is 0.461 e. The van der Waals surface area contributed by atoms with E-state index >= 15 is 0 Å². The van der Waals surface area contributed by atoms with Crippen LogP contribution in [0, 0.1) is 23.2 Å². The molecule has 0 aromatic heterocycles. The highest BCUT2D eigenvalue weighted by molar-refractivity contribution is 5.76. The van der Waals surface area contributed by atoms with E-state index in [4.69, 9.17) is 9.47 Å². The van der Waals surface area contributed by atoms with Crippen molar-refractivity contribution in [3.05, 3.63) is 11.6 Å². The summed E-state index contributed by atoms with van der Waals surface area (Å²) in [7, 11) is 0. The van der Waals surface area contributed by atoms with Crippen molar-refractivity contribution in [3.8, 4) is 0 Å². The number of carbonyl (C=O) groups excluding carboxylic acids is 2. The molecule has 2 aliphatic carbocycles. The fourth-order valence-electron chi connectivity index (χ4n) is 5.88. The van der Waals surface area contributed by atoms with Crippen LogP contribution in [0.1, 0.15) is 40.0 Å². The number of rotatable bonds is 3. The first-order valence-corrected chi connectivity index (χ1v) is 11.1. The van der Waals surface area contributed by atoms with E-state index in [1.807, 2.05) is 0 Å². The van der Waals surface area contributed by atoms with E-state index in [-0.39, 0.29) is 35.4 Å². The molecule has 6 atom stereocenters. The molecule has 1 saturated carbocycles. The predicted octanol–water partition coefficient (Wildman–Crippen LogP) is 2.05. The molecule has 2 saturated heterocycles. The van der Waals surface area contributed by atoms with Crippen LogP contribution in [0.25, 0.3) is 0 Å². The third-order valence-electron chi connectivity index (χ3n) is 7.92. The average Bonchev–Trinajstić information content (AvgIpc) is 3.00. The summed E-state index contributed by atoms with van der Waals surface area (Å²) in [5.74, 6) is -0.254. The van der Waals surface area contributed by atoms with Crippen molar-refractivity contribution < 1.29 is 24.2 Å². The molecule has 1 N–H and O–H groups in total. The summed E-state index contributed by atoms with van der Waals surface area (Å²) in [5, 5.41) is 11.4. The number of amides is 1. The van der Waals surface area contributed by atoms with Crippen LogP contribution in [0.15, 0.2) is 11.6 Å². The van der Waals surface area contributed by atoms with Crippen LogP contribution in [0.5, 0.6) is 0 Å². The first kappa shape index (κ1) is 20.7. The van der Waals surface area contributed by atoms with Crippen LogP contribution in [0.3, 0.4) is 0 Å². The van der Waals surface area contributed by atoms with Crippen LogP contribution in [0.4, 0.5) is 4.79 Å². The number of piperazine rings is 1. The first-order chi connectivity index (χ1) is 13.9. The van der Waals surface area contributed by atoms with Gasteiger partial charge in [-0.2, -0.15) is 0 Å². The van der Waals surface area contributed by atoms with Gasteiger partial charge in [-0.25, -0.2) is 4.79 Å². The number of hydrogen-bond acceptors (Lipinski definition) is 6. The second-order valence-electron chi connectivity index (χ2n) is 9.29. The number of fused-ring (bicyclic) bond motifs is 2. The number of esters is 1. The van der Waals surface area contributed by atoms with Crippen molar-refractivity contribution in [2.24, 2.45) is 23.2 Å². The lowest BCUT2D eigenvalue weighted by Gasteiger charge is -2.52. The minimum absolute atomic E-state index is 0.159. The number of ether oxygens (including phenoxy) is 2. The number of aliphatic hydroxyl groups excluding tert-OH is 1. The standard InChI is InChI=1S/C22H34N2O5/c1-4-28-21(27)24-10-8-23(9-11-24)13-16-18-17(29-20(16)26)12-15-7-5-6-14(2)22(15,3)19(18)25/h7,14,16-19,25H,4-6,8-13H2,1-3H3/t14-,16+,17+,18+,19-,22+/m0/s1. The topological polar surface area (TPSA) is 79.3 Å². The molecule has 2 heterocycles. The van der Waals surface area contributed by atoms with Crippen LogP contribution in [-0.4, -0.2) is 78.5 Å². The maximum absolute atomic E-state index is 12.7. The molecule has 4 aliphatic rings. The second kappa shape index (κ2) is 7.91. The Morgan fingerprint density at radius 1 is 1.34 bits per heavy atom. The fraction of sp³-hybridized carbons (Fsp3) is 0.818. The summed E-state index contributed by atoms with van der Waals surface area (Å²) in [6, 6.07) is 0. The third-order valence-corrected chi connectivity index (χ3v) is 7.92. The maximum atomic E-state index is 12.7. The molecule has 7 heteroatoms. The summed E-state index contributed by atoms with van der Waals surface area (Å²) in [6.45, 7) is 9.75. The monoisotopic (exact) mass is 406 g/mol. The lowest BCUT2D eigenvalue weighted by Crippen LogP contribution is -2.56. The van der Waals surface area contributed by atoms with E-state index in [9.17, 15) is 14.7 Å². The molecule has 0 spiro atoms. The van der Waals surface area contributed by atoms with Gasteiger partial charge in [-0.1, -0.05) is 25.5 Å². The zero-order valence-electron chi connectivity index (χ0n) is 17.8. The van der Waals surface area contributed by atoms with Gasteiger partial charge in [-0.15, -0.1) is 0 Å². The van der Waals surface area contributed by atoms with Crippen LogP contribution < -0.4 is 0 Å². The van der Waals surface area contributed by atoms with E-state index in [2.05, 4.69) is 24.8 Å². The lowest BCUT2D eigenvalue weighted by molar-refractivity contribution is -0.145. The Labute approximate surface area is 173 Å². The Kier molecular flexibility index (Phi) is 5.64. The maximum Gasteiger partial charge on any atom is 0.409 e. The minimum atomic E-state index is -0.569. The Morgan fingerprint density at radius 2 is 2.07 bits per heavy atom. The molecule has 0 aromatic rings. The molecule has 0 bridgehead atoms. The van der Waals surface area contributed by atoms with Crippen LogP contribution in [-0.2, 0) is 14.3 Å². The quantitative estimate of drug-likeness (QED) is 0.571. The van der Waals surface area contributed by atoms with Gasteiger partial charge in [-0.05, 0) is 25.7 Å². The van der Waals surface area contributed by atoms with Crippen LogP contribution in [0.2, 0.25) is 0 Å². The second-order valence-corrected chi connectivity index (χ2v) is 9.29. The molecule has 7 nitrogen and oxygen atoms in total. The van der Waals surface area contributed by atoms with Crippen molar-refractivity contribution in [3.63, 3.8) is 0 Å².